The lowest BCUT2D eigenvalue weighted by molar-refractivity contribution is 0.108. The highest BCUT2D eigenvalue weighted by atomic mass is 32.2. The number of guanidine groups is 1. The van der Waals surface area contributed by atoms with E-state index in [0.29, 0.717) is 29.7 Å². The first-order valence-electron chi connectivity index (χ1n) is 8.76. The van der Waals surface area contributed by atoms with Crippen LogP contribution in [0.3, 0.4) is 0 Å². The van der Waals surface area contributed by atoms with E-state index in [1.165, 1.54) is 0 Å². The van der Waals surface area contributed by atoms with Crippen LogP contribution in [0, 0.1) is 5.92 Å². The van der Waals surface area contributed by atoms with Gasteiger partial charge in [0.2, 0.25) is 0 Å². The quantitative estimate of drug-likeness (QED) is 0.355. The van der Waals surface area contributed by atoms with Gasteiger partial charge in [-0.25, -0.2) is 8.42 Å². The number of benzene rings is 1. The molecule has 1 rings (SSSR count). The molecule has 0 aliphatic carbocycles. The van der Waals surface area contributed by atoms with Gasteiger partial charge in [-0.2, -0.15) is 0 Å². The van der Waals surface area contributed by atoms with E-state index in [2.05, 4.69) is 29.5 Å². The molecule has 0 amide bonds. The van der Waals surface area contributed by atoms with Gasteiger partial charge in [0.15, 0.2) is 15.8 Å². The van der Waals surface area contributed by atoms with Crippen LogP contribution in [0.25, 0.3) is 0 Å². The molecule has 142 valence electrons. The van der Waals surface area contributed by atoms with Crippen LogP contribution in [0.4, 0.5) is 0 Å². The minimum Gasteiger partial charge on any atom is -0.381 e. The molecule has 0 aliphatic rings. The summed E-state index contributed by atoms with van der Waals surface area (Å²) >= 11 is 0. The van der Waals surface area contributed by atoms with Gasteiger partial charge < -0.3 is 15.4 Å². The molecule has 0 aromatic heterocycles. The monoisotopic (exact) mass is 369 g/mol. The fourth-order valence-electron chi connectivity index (χ4n) is 2.14. The number of ether oxygens (including phenoxy) is 1. The van der Waals surface area contributed by atoms with E-state index in [-0.39, 0.29) is 5.75 Å². The zero-order chi connectivity index (χ0) is 18.5. The van der Waals surface area contributed by atoms with E-state index < -0.39 is 9.84 Å². The summed E-state index contributed by atoms with van der Waals surface area (Å²) in [6, 6.07) is 8.54. The molecule has 1 aromatic rings. The van der Waals surface area contributed by atoms with Crippen molar-refractivity contribution in [3.8, 4) is 0 Å². The Morgan fingerprint density at radius 2 is 1.76 bits per heavy atom. The first kappa shape index (κ1) is 21.4. The van der Waals surface area contributed by atoms with Crippen LogP contribution in [0.15, 0.2) is 40.2 Å². The van der Waals surface area contributed by atoms with Crippen LogP contribution in [0.1, 0.15) is 26.7 Å². The van der Waals surface area contributed by atoms with Crippen molar-refractivity contribution in [2.75, 3.05) is 39.1 Å². The lowest BCUT2D eigenvalue weighted by Crippen LogP contribution is -2.38. The van der Waals surface area contributed by atoms with E-state index >= 15 is 0 Å². The van der Waals surface area contributed by atoms with Gasteiger partial charge in [0.25, 0.3) is 0 Å². The smallest absolute Gasteiger partial charge is 0.190 e. The molecule has 0 fully saturated rings. The first-order valence-corrected chi connectivity index (χ1v) is 10.4. The highest BCUT2D eigenvalue weighted by molar-refractivity contribution is 7.91. The molecular weight excluding hydrogens is 338 g/mol. The molecule has 0 saturated carbocycles. The predicted octanol–water partition coefficient (Wildman–Crippen LogP) is 2.08. The molecule has 0 bridgehead atoms. The van der Waals surface area contributed by atoms with E-state index in [1.54, 1.807) is 31.3 Å². The highest BCUT2D eigenvalue weighted by Gasteiger charge is 2.13. The minimum absolute atomic E-state index is 0.115. The largest absolute Gasteiger partial charge is 0.381 e. The Hall–Kier alpha value is -1.60. The maximum Gasteiger partial charge on any atom is 0.190 e. The summed E-state index contributed by atoms with van der Waals surface area (Å²) in [5, 5.41) is 6.33. The average molecular weight is 370 g/mol. The van der Waals surface area contributed by atoms with Crippen molar-refractivity contribution in [2.24, 2.45) is 10.9 Å². The minimum atomic E-state index is -3.22. The molecule has 6 nitrogen and oxygen atoms in total. The molecule has 0 heterocycles. The number of hydrogen-bond acceptors (Lipinski definition) is 4. The summed E-state index contributed by atoms with van der Waals surface area (Å²) in [7, 11) is -1.52. The molecule has 0 aliphatic heterocycles. The summed E-state index contributed by atoms with van der Waals surface area (Å²) in [6.07, 6.45) is 1.42. The Kier molecular flexibility index (Phi) is 10.2. The summed E-state index contributed by atoms with van der Waals surface area (Å²) < 4.78 is 29.9. The summed E-state index contributed by atoms with van der Waals surface area (Å²) in [4.78, 5) is 4.50. The second-order valence-corrected chi connectivity index (χ2v) is 8.34. The van der Waals surface area contributed by atoms with Crippen LogP contribution < -0.4 is 10.6 Å². The van der Waals surface area contributed by atoms with Crippen molar-refractivity contribution >= 4 is 15.8 Å². The van der Waals surface area contributed by atoms with Crippen LogP contribution in [-0.2, 0) is 14.6 Å². The van der Waals surface area contributed by atoms with E-state index in [9.17, 15) is 8.42 Å². The number of nitrogens with one attached hydrogen (secondary N) is 2. The van der Waals surface area contributed by atoms with Gasteiger partial charge >= 0.3 is 0 Å². The molecule has 25 heavy (non-hydrogen) atoms. The number of sulfone groups is 1. The van der Waals surface area contributed by atoms with E-state index in [4.69, 9.17) is 4.74 Å². The molecule has 2 N–H and O–H groups in total. The molecule has 0 radical (unpaired) electrons. The van der Waals surface area contributed by atoms with Crippen LogP contribution in [0.5, 0.6) is 0 Å². The van der Waals surface area contributed by atoms with Gasteiger partial charge in [-0.3, -0.25) is 4.99 Å². The fourth-order valence-corrected chi connectivity index (χ4v) is 3.47. The number of hydrogen-bond donors (Lipinski definition) is 2. The molecular formula is C18H31N3O3S. The molecule has 7 heteroatoms. The van der Waals surface area contributed by atoms with Gasteiger partial charge in [0.1, 0.15) is 0 Å². The van der Waals surface area contributed by atoms with Crippen molar-refractivity contribution in [2.45, 2.75) is 31.6 Å². The third-order valence-electron chi connectivity index (χ3n) is 3.42. The normalized spacial score (nSPS) is 12.4. The zero-order valence-electron chi connectivity index (χ0n) is 15.5. The average Bonchev–Trinajstić information content (AvgIpc) is 2.60. The molecule has 0 saturated heterocycles. The molecule has 0 unspecified atom stereocenters. The Labute approximate surface area is 152 Å². The van der Waals surface area contributed by atoms with Crippen LogP contribution >= 0.6 is 0 Å². The SMILES string of the molecule is CN=C(NCCCOCC(C)C)NCCCS(=O)(=O)c1ccccc1. The fraction of sp³-hybridized carbons (Fsp3) is 0.611. The lowest BCUT2D eigenvalue weighted by Gasteiger charge is -2.12. The Bertz CT molecular complexity index is 601. The van der Waals surface area contributed by atoms with Crippen molar-refractivity contribution in [1.29, 1.82) is 0 Å². The van der Waals surface area contributed by atoms with Gasteiger partial charge in [0, 0.05) is 33.4 Å². The standard InChI is InChI=1S/C18H31N3O3S/c1-16(2)15-24-13-7-11-20-18(19-3)21-12-8-14-25(22,23)17-9-5-4-6-10-17/h4-6,9-10,16H,7-8,11-15H2,1-3H3,(H2,19,20,21). The number of nitrogens with zero attached hydrogens (tertiary/aromatic N) is 1. The first-order chi connectivity index (χ1) is 12.0. The van der Waals surface area contributed by atoms with Gasteiger partial charge in [-0.05, 0) is 30.9 Å². The number of aliphatic imine (C=N–C) groups is 1. The Morgan fingerprint density at radius 1 is 1.12 bits per heavy atom. The Balaban J connectivity index is 2.19. The van der Waals surface area contributed by atoms with Crippen molar-refractivity contribution in [3.05, 3.63) is 30.3 Å². The third-order valence-corrected chi connectivity index (χ3v) is 5.23. The summed E-state index contributed by atoms with van der Waals surface area (Å²) in [5.41, 5.74) is 0. The Morgan fingerprint density at radius 3 is 2.36 bits per heavy atom. The van der Waals surface area contributed by atoms with E-state index in [1.807, 2.05) is 6.07 Å². The number of rotatable bonds is 11. The highest BCUT2D eigenvalue weighted by Crippen LogP contribution is 2.10. The summed E-state index contributed by atoms with van der Waals surface area (Å²) in [6.45, 7) is 7.07. The van der Waals surface area contributed by atoms with Crippen molar-refractivity contribution in [1.82, 2.24) is 10.6 Å². The topological polar surface area (TPSA) is 79.8 Å². The zero-order valence-corrected chi connectivity index (χ0v) is 16.3. The van der Waals surface area contributed by atoms with Crippen LogP contribution in [-0.4, -0.2) is 53.5 Å². The van der Waals surface area contributed by atoms with Gasteiger partial charge in [0.05, 0.1) is 10.6 Å². The van der Waals surface area contributed by atoms with Gasteiger partial charge in [-0.15, -0.1) is 0 Å². The lowest BCUT2D eigenvalue weighted by atomic mass is 10.2. The maximum absolute atomic E-state index is 12.2. The van der Waals surface area contributed by atoms with Crippen molar-refractivity contribution in [3.63, 3.8) is 0 Å². The predicted molar refractivity (Wildman–Crippen MR) is 103 cm³/mol. The molecule has 0 atom stereocenters. The second kappa shape index (κ2) is 11.9. The maximum atomic E-state index is 12.2. The molecule has 1 aromatic carbocycles. The third kappa shape index (κ3) is 9.45. The van der Waals surface area contributed by atoms with Crippen molar-refractivity contribution < 1.29 is 13.2 Å². The van der Waals surface area contributed by atoms with Crippen LogP contribution in [0.2, 0.25) is 0 Å². The second-order valence-electron chi connectivity index (χ2n) is 6.23. The summed E-state index contributed by atoms with van der Waals surface area (Å²) in [5.74, 6) is 1.35. The van der Waals surface area contributed by atoms with Gasteiger partial charge in [-0.1, -0.05) is 32.0 Å². The van der Waals surface area contributed by atoms with E-state index in [0.717, 1.165) is 26.2 Å². The molecule has 0 spiro atoms.